The molecule has 1 heterocycles. The maximum atomic E-state index is 11.9. The Kier molecular flexibility index (Phi) is 4.90. The quantitative estimate of drug-likeness (QED) is 0.920. The number of hydrogen-bond donors (Lipinski definition) is 1. The summed E-state index contributed by atoms with van der Waals surface area (Å²) < 4.78 is 5.55. The minimum atomic E-state index is -0.234. The van der Waals surface area contributed by atoms with E-state index in [1.165, 1.54) is 11.3 Å². The number of benzene rings is 1. The molecule has 1 aromatic heterocycles. The van der Waals surface area contributed by atoms with Gasteiger partial charge in [0.2, 0.25) is 5.13 Å². The molecule has 5 nitrogen and oxygen atoms in total. The molecule has 112 valence electrons. The van der Waals surface area contributed by atoms with Crippen molar-refractivity contribution in [3.05, 3.63) is 34.3 Å². The van der Waals surface area contributed by atoms with Crippen molar-refractivity contribution >= 4 is 22.4 Å². The lowest BCUT2D eigenvalue weighted by Crippen LogP contribution is -2.20. The van der Waals surface area contributed by atoms with Crippen LogP contribution in [0.15, 0.2) is 18.2 Å². The zero-order valence-corrected chi connectivity index (χ0v) is 13.5. The minimum absolute atomic E-state index is 0.0408. The van der Waals surface area contributed by atoms with Gasteiger partial charge < -0.3 is 4.74 Å². The molecule has 1 N–H and O–H groups in total. The lowest BCUT2D eigenvalue weighted by atomic mass is 10.1. The van der Waals surface area contributed by atoms with Crippen molar-refractivity contribution in [3.63, 3.8) is 0 Å². The Labute approximate surface area is 128 Å². The number of aryl methyl sites for hydroxylation is 1. The van der Waals surface area contributed by atoms with Crippen molar-refractivity contribution in [1.29, 1.82) is 0 Å². The molecule has 21 heavy (non-hydrogen) atoms. The summed E-state index contributed by atoms with van der Waals surface area (Å²) >= 11 is 1.39. The van der Waals surface area contributed by atoms with Crippen LogP contribution in [0.3, 0.4) is 0 Å². The lowest BCUT2D eigenvalue weighted by Gasteiger charge is -2.10. The zero-order chi connectivity index (χ0) is 15.4. The molecule has 1 amide bonds. The summed E-state index contributed by atoms with van der Waals surface area (Å²) in [4.78, 5) is 11.9. The molecule has 0 bridgehead atoms. The molecule has 2 aromatic rings. The topological polar surface area (TPSA) is 64.1 Å². The standard InChI is InChI=1S/C15H19N3O2S/c1-9(2)14-17-18-15(21-14)16-13(19)8-20-12-7-5-6-10(3)11(12)4/h5-7,9H,8H2,1-4H3,(H,16,18,19). The maximum absolute atomic E-state index is 11.9. The summed E-state index contributed by atoms with van der Waals surface area (Å²) in [5.74, 6) is 0.798. The van der Waals surface area contributed by atoms with E-state index in [4.69, 9.17) is 4.74 Å². The smallest absolute Gasteiger partial charge is 0.264 e. The van der Waals surface area contributed by atoms with Crippen molar-refractivity contribution in [2.24, 2.45) is 0 Å². The van der Waals surface area contributed by atoms with Crippen LogP contribution in [0.4, 0.5) is 5.13 Å². The average molecular weight is 305 g/mol. The van der Waals surface area contributed by atoms with Crippen LogP contribution >= 0.6 is 11.3 Å². The van der Waals surface area contributed by atoms with Gasteiger partial charge >= 0.3 is 0 Å². The van der Waals surface area contributed by atoms with Crippen LogP contribution in [-0.4, -0.2) is 22.7 Å². The number of carbonyl (C=O) groups excluding carboxylic acids is 1. The molecule has 0 aliphatic rings. The van der Waals surface area contributed by atoms with Crippen LogP contribution in [0.5, 0.6) is 5.75 Å². The summed E-state index contributed by atoms with van der Waals surface area (Å²) in [7, 11) is 0. The van der Waals surface area contributed by atoms with Crippen LogP contribution in [0, 0.1) is 13.8 Å². The molecule has 0 aliphatic heterocycles. The van der Waals surface area contributed by atoms with E-state index >= 15 is 0 Å². The van der Waals surface area contributed by atoms with E-state index < -0.39 is 0 Å². The second-order valence-corrected chi connectivity index (χ2v) is 6.14. The zero-order valence-electron chi connectivity index (χ0n) is 12.6. The van der Waals surface area contributed by atoms with Gasteiger partial charge in [-0.2, -0.15) is 0 Å². The van der Waals surface area contributed by atoms with Gasteiger partial charge in [-0.3, -0.25) is 10.1 Å². The SMILES string of the molecule is Cc1cccc(OCC(=O)Nc2nnc(C(C)C)s2)c1C. The summed E-state index contributed by atoms with van der Waals surface area (Å²) in [6, 6.07) is 5.78. The summed E-state index contributed by atoms with van der Waals surface area (Å²) in [5, 5.41) is 12.1. The Hall–Kier alpha value is -1.95. The number of carbonyl (C=O) groups is 1. The number of ether oxygens (including phenoxy) is 1. The van der Waals surface area contributed by atoms with Crippen LogP contribution in [0.1, 0.15) is 35.9 Å². The highest BCUT2D eigenvalue weighted by atomic mass is 32.1. The highest BCUT2D eigenvalue weighted by Gasteiger charge is 2.11. The van der Waals surface area contributed by atoms with E-state index in [-0.39, 0.29) is 12.5 Å². The first-order valence-corrected chi connectivity index (χ1v) is 7.61. The van der Waals surface area contributed by atoms with Crippen molar-refractivity contribution in [1.82, 2.24) is 10.2 Å². The van der Waals surface area contributed by atoms with Crippen LogP contribution in [-0.2, 0) is 4.79 Å². The highest BCUT2D eigenvalue weighted by molar-refractivity contribution is 7.15. The second kappa shape index (κ2) is 6.67. The Bertz CT molecular complexity index is 638. The molecule has 0 fully saturated rings. The summed E-state index contributed by atoms with van der Waals surface area (Å²) in [5.41, 5.74) is 2.18. The highest BCUT2D eigenvalue weighted by Crippen LogP contribution is 2.23. The number of nitrogens with one attached hydrogen (secondary N) is 1. The number of aromatic nitrogens is 2. The predicted octanol–water partition coefficient (Wildman–Crippen LogP) is 3.30. The van der Waals surface area contributed by atoms with Crippen LogP contribution < -0.4 is 10.1 Å². The van der Waals surface area contributed by atoms with Crippen molar-refractivity contribution < 1.29 is 9.53 Å². The fraction of sp³-hybridized carbons (Fsp3) is 0.400. The van der Waals surface area contributed by atoms with E-state index in [1.807, 2.05) is 45.9 Å². The van der Waals surface area contributed by atoms with Gasteiger partial charge in [0.1, 0.15) is 10.8 Å². The van der Waals surface area contributed by atoms with Gasteiger partial charge in [-0.05, 0) is 31.0 Å². The molecule has 0 spiro atoms. The fourth-order valence-corrected chi connectivity index (χ4v) is 2.46. The average Bonchev–Trinajstić information content (AvgIpc) is 2.89. The number of nitrogens with zero attached hydrogens (tertiary/aromatic N) is 2. The number of amides is 1. The van der Waals surface area contributed by atoms with Crippen molar-refractivity contribution in [3.8, 4) is 5.75 Å². The van der Waals surface area contributed by atoms with E-state index in [9.17, 15) is 4.79 Å². The van der Waals surface area contributed by atoms with E-state index in [2.05, 4.69) is 15.5 Å². The molecule has 1 aromatic carbocycles. The second-order valence-electron chi connectivity index (χ2n) is 5.14. The first-order chi connectivity index (χ1) is 9.97. The third kappa shape index (κ3) is 4.01. The molecule has 0 atom stereocenters. The molecule has 0 unspecified atom stereocenters. The molecular weight excluding hydrogens is 286 g/mol. The first kappa shape index (κ1) is 15.4. The minimum Gasteiger partial charge on any atom is -0.483 e. The van der Waals surface area contributed by atoms with Gasteiger partial charge in [-0.15, -0.1) is 10.2 Å². The molecule has 0 saturated carbocycles. The molecule has 2 rings (SSSR count). The monoisotopic (exact) mass is 305 g/mol. The van der Waals surface area contributed by atoms with Gasteiger partial charge in [0, 0.05) is 5.92 Å². The van der Waals surface area contributed by atoms with E-state index in [1.54, 1.807) is 0 Å². The molecular formula is C15H19N3O2S. The lowest BCUT2D eigenvalue weighted by molar-refractivity contribution is -0.118. The Balaban J connectivity index is 1.91. The summed E-state index contributed by atoms with van der Waals surface area (Å²) in [6.07, 6.45) is 0. The van der Waals surface area contributed by atoms with Crippen LogP contribution in [0.2, 0.25) is 0 Å². The fourth-order valence-electron chi connectivity index (χ4n) is 1.70. The van der Waals surface area contributed by atoms with Gasteiger partial charge in [0.25, 0.3) is 5.91 Å². The number of hydrogen-bond acceptors (Lipinski definition) is 5. The maximum Gasteiger partial charge on any atom is 0.264 e. The Morgan fingerprint density at radius 1 is 1.33 bits per heavy atom. The first-order valence-electron chi connectivity index (χ1n) is 6.79. The largest absolute Gasteiger partial charge is 0.483 e. The van der Waals surface area contributed by atoms with Crippen LogP contribution in [0.25, 0.3) is 0 Å². The van der Waals surface area contributed by atoms with E-state index in [0.717, 1.165) is 21.9 Å². The predicted molar refractivity (Wildman–Crippen MR) is 84.0 cm³/mol. The van der Waals surface area contributed by atoms with Crippen molar-refractivity contribution in [2.75, 3.05) is 11.9 Å². The number of anilines is 1. The van der Waals surface area contributed by atoms with E-state index in [0.29, 0.717) is 11.0 Å². The molecule has 0 saturated heterocycles. The normalized spacial score (nSPS) is 10.7. The Morgan fingerprint density at radius 2 is 2.10 bits per heavy atom. The summed E-state index contributed by atoms with van der Waals surface area (Å²) in [6.45, 7) is 8.02. The van der Waals surface area contributed by atoms with Gasteiger partial charge in [-0.1, -0.05) is 37.3 Å². The molecule has 0 aliphatic carbocycles. The third-order valence-corrected chi connectivity index (χ3v) is 4.23. The molecule has 6 heteroatoms. The van der Waals surface area contributed by atoms with Gasteiger partial charge in [0.15, 0.2) is 6.61 Å². The third-order valence-electron chi connectivity index (χ3n) is 3.09. The Morgan fingerprint density at radius 3 is 2.76 bits per heavy atom. The molecule has 0 radical (unpaired) electrons. The van der Waals surface area contributed by atoms with Gasteiger partial charge in [0.05, 0.1) is 0 Å². The van der Waals surface area contributed by atoms with Crippen molar-refractivity contribution in [2.45, 2.75) is 33.6 Å². The van der Waals surface area contributed by atoms with Gasteiger partial charge in [-0.25, -0.2) is 0 Å². The number of rotatable bonds is 5.